The Hall–Kier alpha value is -0.870. The number of aryl methyl sites for hydroxylation is 4. The van der Waals surface area contributed by atoms with Gasteiger partial charge in [-0.2, -0.15) is 0 Å². The smallest absolute Gasteiger partial charge is 0.0945 e. The summed E-state index contributed by atoms with van der Waals surface area (Å²) < 4.78 is 2.58. The van der Waals surface area contributed by atoms with E-state index in [1.807, 2.05) is 12.5 Å². The highest BCUT2D eigenvalue weighted by Gasteiger charge is 2.35. The molecule has 1 aromatic heterocycles. The van der Waals surface area contributed by atoms with Crippen molar-refractivity contribution in [3.05, 3.63) is 53.6 Å². The van der Waals surface area contributed by atoms with E-state index in [4.69, 9.17) is 0 Å². The van der Waals surface area contributed by atoms with Crippen molar-refractivity contribution < 1.29 is 0 Å². The normalized spacial score (nSPS) is 23.7. The summed E-state index contributed by atoms with van der Waals surface area (Å²) in [6.07, 6.45) is 10.9. The van der Waals surface area contributed by atoms with Crippen LogP contribution in [0.25, 0.3) is 0 Å². The molecule has 1 saturated heterocycles. The minimum Gasteiger partial charge on any atom is -0.337 e. The summed E-state index contributed by atoms with van der Waals surface area (Å²) in [4.78, 5) is 4.20. The van der Waals surface area contributed by atoms with Gasteiger partial charge in [0.05, 0.1) is 10.4 Å². The average Bonchev–Trinajstić information content (AvgIpc) is 3.12. The number of hydrogen-bond donors (Lipinski definition) is 0. The van der Waals surface area contributed by atoms with Crippen molar-refractivity contribution in [3.8, 4) is 0 Å². The van der Waals surface area contributed by atoms with Crippen molar-refractivity contribution in [3.63, 3.8) is 0 Å². The van der Waals surface area contributed by atoms with Crippen LogP contribution in [0.15, 0.2) is 36.9 Å². The Morgan fingerprint density at radius 2 is 1.84 bits per heavy atom. The zero-order valence-electron chi connectivity index (χ0n) is 15.7. The SMILES string of the molecule is CCC1CSC(CCc2cc(C)cc(C)c2)(CCn2ccnc2)SC1. The number of imidazole rings is 1. The lowest BCUT2D eigenvalue weighted by Gasteiger charge is -2.39. The first-order chi connectivity index (χ1) is 12.1. The minimum atomic E-state index is 0.355. The zero-order valence-corrected chi connectivity index (χ0v) is 17.3. The Labute approximate surface area is 161 Å². The maximum Gasteiger partial charge on any atom is 0.0945 e. The van der Waals surface area contributed by atoms with Gasteiger partial charge in [0.15, 0.2) is 0 Å². The molecule has 25 heavy (non-hydrogen) atoms. The molecule has 0 aliphatic carbocycles. The maximum absolute atomic E-state index is 4.20. The molecule has 136 valence electrons. The zero-order chi connectivity index (χ0) is 17.7. The van der Waals surface area contributed by atoms with Gasteiger partial charge < -0.3 is 4.57 Å². The number of hydrogen-bond acceptors (Lipinski definition) is 3. The largest absolute Gasteiger partial charge is 0.337 e. The van der Waals surface area contributed by atoms with Crippen LogP contribution in [0.2, 0.25) is 0 Å². The third-order valence-electron chi connectivity index (χ3n) is 5.13. The molecule has 2 nitrogen and oxygen atoms in total. The summed E-state index contributed by atoms with van der Waals surface area (Å²) in [5.74, 6) is 3.53. The van der Waals surface area contributed by atoms with Crippen LogP contribution in [0.3, 0.4) is 0 Å². The van der Waals surface area contributed by atoms with Crippen molar-refractivity contribution in [2.45, 2.75) is 57.1 Å². The minimum absolute atomic E-state index is 0.355. The van der Waals surface area contributed by atoms with Crippen molar-refractivity contribution in [2.75, 3.05) is 11.5 Å². The molecule has 2 aromatic rings. The van der Waals surface area contributed by atoms with Gasteiger partial charge in [0.25, 0.3) is 0 Å². The first-order valence-electron chi connectivity index (χ1n) is 9.39. The molecule has 2 heterocycles. The predicted molar refractivity (Wildman–Crippen MR) is 113 cm³/mol. The summed E-state index contributed by atoms with van der Waals surface area (Å²) >= 11 is 4.44. The number of nitrogens with zero attached hydrogens (tertiary/aromatic N) is 2. The monoisotopic (exact) mass is 374 g/mol. The topological polar surface area (TPSA) is 17.8 Å². The van der Waals surface area contributed by atoms with Crippen molar-refractivity contribution in [2.24, 2.45) is 5.92 Å². The fourth-order valence-corrected chi connectivity index (χ4v) is 7.19. The van der Waals surface area contributed by atoms with Gasteiger partial charge in [-0.3, -0.25) is 0 Å². The first kappa shape index (κ1) is 18.9. The maximum atomic E-state index is 4.20. The standard InChI is InChI=1S/C21H30N2S2/c1-4-19-14-24-21(25-15-19,7-9-23-10-8-22-16-23)6-5-20-12-17(2)11-18(3)13-20/h8,10-13,16,19H,4-7,9,14-15H2,1-3H3. The van der Waals surface area contributed by atoms with Gasteiger partial charge in [0.2, 0.25) is 0 Å². The Bertz CT molecular complexity index is 638. The van der Waals surface area contributed by atoms with Crippen LogP contribution in [-0.2, 0) is 13.0 Å². The molecular weight excluding hydrogens is 344 g/mol. The number of rotatable bonds is 7. The molecule has 1 aliphatic heterocycles. The molecule has 0 N–H and O–H groups in total. The Balaban J connectivity index is 1.67. The lowest BCUT2D eigenvalue weighted by Crippen LogP contribution is -2.31. The molecule has 0 saturated carbocycles. The van der Waals surface area contributed by atoms with Gasteiger partial charge in [-0.05, 0) is 56.1 Å². The third kappa shape index (κ3) is 5.30. The van der Waals surface area contributed by atoms with E-state index in [0.717, 1.165) is 12.5 Å². The van der Waals surface area contributed by atoms with E-state index >= 15 is 0 Å². The fourth-order valence-electron chi connectivity index (χ4n) is 3.55. The predicted octanol–water partition coefficient (Wildman–Crippen LogP) is 5.73. The lowest BCUT2D eigenvalue weighted by atomic mass is 10.0. The van der Waals surface area contributed by atoms with Crippen LogP contribution >= 0.6 is 23.5 Å². The van der Waals surface area contributed by atoms with Crippen molar-refractivity contribution >= 4 is 23.5 Å². The molecule has 1 fully saturated rings. The number of benzene rings is 1. The van der Waals surface area contributed by atoms with Crippen LogP contribution in [0.4, 0.5) is 0 Å². The molecule has 0 radical (unpaired) electrons. The van der Waals surface area contributed by atoms with E-state index in [1.165, 1.54) is 53.9 Å². The summed E-state index contributed by atoms with van der Waals surface area (Å²) in [7, 11) is 0. The highest BCUT2D eigenvalue weighted by Crippen LogP contribution is 2.50. The van der Waals surface area contributed by atoms with E-state index in [2.05, 4.69) is 78.2 Å². The van der Waals surface area contributed by atoms with E-state index in [-0.39, 0.29) is 0 Å². The van der Waals surface area contributed by atoms with Gasteiger partial charge in [-0.25, -0.2) is 4.98 Å². The Kier molecular flexibility index (Phi) is 6.56. The lowest BCUT2D eigenvalue weighted by molar-refractivity contribution is 0.555. The molecule has 4 heteroatoms. The molecule has 1 aromatic carbocycles. The van der Waals surface area contributed by atoms with Crippen LogP contribution < -0.4 is 0 Å². The Morgan fingerprint density at radius 3 is 2.44 bits per heavy atom. The van der Waals surface area contributed by atoms with E-state index in [9.17, 15) is 0 Å². The molecule has 0 spiro atoms. The summed E-state index contributed by atoms with van der Waals surface area (Å²) in [5.41, 5.74) is 4.27. The Morgan fingerprint density at radius 1 is 1.12 bits per heavy atom. The second kappa shape index (κ2) is 8.68. The van der Waals surface area contributed by atoms with E-state index in [1.54, 1.807) is 0 Å². The van der Waals surface area contributed by atoms with Crippen LogP contribution in [0, 0.1) is 19.8 Å². The van der Waals surface area contributed by atoms with Gasteiger partial charge in [0, 0.05) is 18.9 Å². The molecule has 3 rings (SSSR count). The molecule has 0 atom stereocenters. The molecule has 1 aliphatic rings. The second-order valence-corrected chi connectivity index (χ2v) is 10.4. The second-order valence-electron chi connectivity index (χ2n) is 7.35. The third-order valence-corrected chi connectivity index (χ3v) is 8.98. The van der Waals surface area contributed by atoms with Gasteiger partial charge in [-0.1, -0.05) is 42.7 Å². The summed E-state index contributed by atoms with van der Waals surface area (Å²) in [6, 6.07) is 7.00. The highest BCUT2D eigenvalue weighted by atomic mass is 32.2. The number of aromatic nitrogens is 2. The quantitative estimate of drug-likeness (QED) is 0.617. The molecule has 0 unspecified atom stereocenters. The van der Waals surface area contributed by atoms with Crippen LogP contribution in [-0.4, -0.2) is 25.1 Å². The molecule has 0 bridgehead atoms. The summed E-state index contributed by atoms with van der Waals surface area (Å²) in [5, 5.41) is 0. The first-order valence-corrected chi connectivity index (χ1v) is 11.4. The van der Waals surface area contributed by atoms with E-state index < -0.39 is 0 Å². The molecular formula is C21H30N2S2. The van der Waals surface area contributed by atoms with Crippen LogP contribution in [0.5, 0.6) is 0 Å². The number of thioether (sulfide) groups is 2. The molecule has 0 amide bonds. The van der Waals surface area contributed by atoms with E-state index in [0.29, 0.717) is 4.08 Å². The van der Waals surface area contributed by atoms with Gasteiger partial charge >= 0.3 is 0 Å². The van der Waals surface area contributed by atoms with Crippen LogP contribution in [0.1, 0.15) is 42.9 Å². The van der Waals surface area contributed by atoms with Crippen molar-refractivity contribution in [1.29, 1.82) is 0 Å². The highest BCUT2D eigenvalue weighted by molar-refractivity contribution is 8.18. The fraction of sp³-hybridized carbons (Fsp3) is 0.571. The van der Waals surface area contributed by atoms with Gasteiger partial charge in [0.1, 0.15) is 0 Å². The van der Waals surface area contributed by atoms with Crippen molar-refractivity contribution in [1.82, 2.24) is 9.55 Å². The van der Waals surface area contributed by atoms with Gasteiger partial charge in [-0.15, -0.1) is 23.5 Å². The summed E-state index contributed by atoms with van der Waals surface area (Å²) in [6.45, 7) is 7.83. The average molecular weight is 375 g/mol.